The van der Waals surface area contributed by atoms with Gasteiger partial charge in [0.2, 0.25) is 5.13 Å². The van der Waals surface area contributed by atoms with Gasteiger partial charge in [0.1, 0.15) is 11.6 Å². The Bertz CT molecular complexity index is 657. The molecule has 22 heavy (non-hydrogen) atoms. The van der Waals surface area contributed by atoms with Crippen LogP contribution in [0.15, 0.2) is 34.7 Å². The number of aromatic nitrogens is 1. The van der Waals surface area contributed by atoms with Gasteiger partial charge in [0.25, 0.3) is 0 Å². The highest BCUT2D eigenvalue weighted by Gasteiger charge is 2.03. The van der Waals surface area contributed by atoms with Crippen molar-refractivity contribution >= 4 is 34.5 Å². The smallest absolute Gasteiger partial charge is 0.344 e. The Morgan fingerprint density at radius 3 is 3.14 bits per heavy atom. The van der Waals surface area contributed by atoms with E-state index in [9.17, 15) is 4.79 Å². The molecule has 116 valence electrons. The van der Waals surface area contributed by atoms with E-state index in [-0.39, 0.29) is 6.61 Å². The molecule has 0 unspecified atom stereocenters. The molecule has 1 aromatic heterocycles. The van der Waals surface area contributed by atoms with Gasteiger partial charge in [-0.1, -0.05) is 12.1 Å². The summed E-state index contributed by atoms with van der Waals surface area (Å²) in [5.41, 5.74) is 9.11. The Balaban J connectivity index is 1.89. The van der Waals surface area contributed by atoms with E-state index in [0.717, 1.165) is 5.56 Å². The summed E-state index contributed by atoms with van der Waals surface area (Å²) in [6.45, 7) is 1.96. The molecule has 0 radical (unpaired) electrons. The second-order valence-electron chi connectivity index (χ2n) is 4.11. The normalized spacial score (nSPS) is 10.6. The summed E-state index contributed by atoms with van der Waals surface area (Å²) < 4.78 is 10.1. The number of carbonyl (C=O) groups excluding carboxylic acids is 1. The zero-order valence-corrected chi connectivity index (χ0v) is 12.8. The monoisotopic (exact) mass is 320 g/mol. The molecule has 0 amide bonds. The fraction of sp³-hybridized carbons (Fsp3) is 0.214. The van der Waals surface area contributed by atoms with E-state index in [1.807, 2.05) is 12.1 Å². The fourth-order valence-electron chi connectivity index (χ4n) is 1.53. The third-order valence-electron chi connectivity index (χ3n) is 2.42. The van der Waals surface area contributed by atoms with E-state index in [1.54, 1.807) is 30.7 Å². The van der Waals surface area contributed by atoms with Gasteiger partial charge in [-0.2, -0.15) is 5.10 Å². The van der Waals surface area contributed by atoms with Crippen LogP contribution in [0, 0.1) is 0 Å². The van der Waals surface area contributed by atoms with E-state index in [2.05, 4.69) is 15.5 Å². The lowest BCUT2D eigenvalue weighted by Gasteiger charge is -2.06. The number of nitrogen functional groups attached to an aromatic ring is 1. The molecule has 0 aliphatic heterocycles. The van der Waals surface area contributed by atoms with Crippen LogP contribution < -0.4 is 15.9 Å². The first-order chi connectivity index (χ1) is 10.7. The van der Waals surface area contributed by atoms with Crippen molar-refractivity contribution in [1.82, 2.24) is 4.98 Å². The summed E-state index contributed by atoms with van der Waals surface area (Å²) in [6.07, 6.45) is 1.62. The average Bonchev–Trinajstić information content (AvgIpc) is 2.92. The number of rotatable bonds is 7. The van der Waals surface area contributed by atoms with Gasteiger partial charge < -0.3 is 15.2 Å². The Labute approximate surface area is 131 Å². The number of nitrogens with zero attached hydrogens (tertiary/aromatic N) is 2. The zero-order chi connectivity index (χ0) is 15.8. The van der Waals surface area contributed by atoms with Crippen molar-refractivity contribution in [2.75, 3.05) is 24.4 Å². The van der Waals surface area contributed by atoms with Crippen LogP contribution in [0.3, 0.4) is 0 Å². The standard InChI is InChI=1S/C14H16N4O3S/c1-2-20-13(19)8-21-11-5-3-4-10(6-11)7-16-18-14-17-12(15)9-22-14/h3-7,9H,2,8,15H2,1H3,(H,17,18). The molecule has 0 bridgehead atoms. The highest BCUT2D eigenvalue weighted by molar-refractivity contribution is 7.14. The number of hydrogen-bond donors (Lipinski definition) is 2. The Hall–Kier alpha value is -2.61. The van der Waals surface area contributed by atoms with Crippen LogP contribution in [-0.4, -0.2) is 30.4 Å². The van der Waals surface area contributed by atoms with Gasteiger partial charge in [-0.3, -0.25) is 5.43 Å². The second-order valence-corrected chi connectivity index (χ2v) is 4.97. The van der Waals surface area contributed by atoms with Crippen LogP contribution in [0.4, 0.5) is 10.9 Å². The minimum atomic E-state index is -0.399. The molecule has 2 rings (SSSR count). The van der Waals surface area contributed by atoms with E-state index >= 15 is 0 Å². The lowest BCUT2D eigenvalue weighted by atomic mass is 10.2. The zero-order valence-electron chi connectivity index (χ0n) is 12.0. The van der Waals surface area contributed by atoms with Crippen molar-refractivity contribution in [1.29, 1.82) is 0 Å². The minimum absolute atomic E-state index is 0.120. The van der Waals surface area contributed by atoms with Crippen molar-refractivity contribution in [2.24, 2.45) is 5.10 Å². The molecule has 3 N–H and O–H groups in total. The molecule has 0 fully saturated rings. The third kappa shape index (κ3) is 5.06. The van der Waals surface area contributed by atoms with Gasteiger partial charge in [0.15, 0.2) is 6.61 Å². The Morgan fingerprint density at radius 1 is 1.55 bits per heavy atom. The number of benzene rings is 1. The van der Waals surface area contributed by atoms with E-state index in [1.165, 1.54) is 11.3 Å². The van der Waals surface area contributed by atoms with Crippen LogP contribution in [0.25, 0.3) is 0 Å². The minimum Gasteiger partial charge on any atom is -0.482 e. The molecule has 0 saturated carbocycles. The molecule has 0 atom stereocenters. The van der Waals surface area contributed by atoms with Crippen LogP contribution in [0.2, 0.25) is 0 Å². The molecular weight excluding hydrogens is 304 g/mol. The largest absolute Gasteiger partial charge is 0.482 e. The molecule has 1 heterocycles. The predicted molar refractivity (Wildman–Crippen MR) is 86.3 cm³/mol. The van der Waals surface area contributed by atoms with Crippen molar-refractivity contribution in [3.05, 3.63) is 35.2 Å². The average molecular weight is 320 g/mol. The molecule has 0 spiro atoms. The lowest BCUT2D eigenvalue weighted by molar-refractivity contribution is -0.145. The van der Waals surface area contributed by atoms with E-state index in [4.69, 9.17) is 15.2 Å². The number of esters is 1. The maximum absolute atomic E-state index is 11.2. The Morgan fingerprint density at radius 2 is 2.41 bits per heavy atom. The first-order valence-corrected chi connectivity index (χ1v) is 7.44. The van der Waals surface area contributed by atoms with Crippen molar-refractivity contribution in [3.8, 4) is 5.75 Å². The SMILES string of the molecule is CCOC(=O)COc1cccc(C=NNc2nc(N)cs2)c1. The van der Waals surface area contributed by atoms with Crippen molar-refractivity contribution in [3.63, 3.8) is 0 Å². The van der Waals surface area contributed by atoms with Gasteiger partial charge in [0, 0.05) is 5.38 Å². The topological polar surface area (TPSA) is 98.8 Å². The quantitative estimate of drug-likeness (QED) is 0.460. The molecular formula is C14H16N4O3S. The lowest BCUT2D eigenvalue weighted by Crippen LogP contribution is -2.14. The van der Waals surface area contributed by atoms with Gasteiger partial charge in [-0.05, 0) is 24.6 Å². The number of carbonyl (C=O) groups is 1. The molecule has 0 aliphatic rings. The summed E-state index contributed by atoms with van der Waals surface area (Å²) in [6, 6.07) is 7.19. The fourth-order valence-corrected chi connectivity index (χ4v) is 2.08. The number of nitrogens with two attached hydrogens (primary N) is 1. The number of thiazole rings is 1. The number of ether oxygens (including phenoxy) is 2. The van der Waals surface area contributed by atoms with E-state index in [0.29, 0.717) is 23.3 Å². The number of anilines is 2. The second kappa shape index (κ2) is 7.99. The van der Waals surface area contributed by atoms with Crippen LogP contribution in [-0.2, 0) is 9.53 Å². The number of hydrazone groups is 1. The van der Waals surface area contributed by atoms with Crippen LogP contribution in [0.5, 0.6) is 5.75 Å². The molecule has 2 aromatic rings. The van der Waals surface area contributed by atoms with Crippen LogP contribution >= 0.6 is 11.3 Å². The molecule has 0 aliphatic carbocycles. The van der Waals surface area contributed by atoms with Gasteiger partial charge >= 0.3 is 5.97 Å². The van der Waals surface area contributed by atoms with Crippen molar-refractivity contribution < 1.29 is 14.3 Å². The summed E-state index contributed by atoms with van der Waals surface area (Å²) in [5.74, 6) is 0.622. The van der Waals surface area contributed by atoms with E-state index < -0.39 is 5.97 Å². The first kappa shape index (κ1) is 15.8. The summed E-state index contributed by atoms with van der Waals surface area (Å²) in [5, 5.41) is 6.40. The van der Waals surface area contributed by atoms with Crippen molar-refractivity contribution in [2.45, 2.75) is 6.92 Å². The predicted octanol–water partition coefficient (Wildman–Crippen LogP) is 2.11. The first-order valence-electron chi connectivity index (χ1n) is 6.56. The number of hydrogen-bond acceptors (Lipinski definition) is 8. The molecule has 0 saturated heterocycles. The summed E-state index contributed by atoms with van der Waals surface area (Å²) in [7, 11) is 0. The van der Waals surface area contributed by atoms with Gasteiger partial charge in [0.05, 0.1) is 12.8 Å². The highest BCUT2D eigenvalue weighted by Crippen LogP contribution is 2.16. The summed E-state index contributed by atoms with van der Waals surface area (Å²) >= 11 is 1.37. The maximum Gasteiger partial charge on any atom is 0.344 e. The summed E-state index contributed by atoms with van der Waals surface area (Å²) in [4.78, 5) is 15.3. The Kier molecular flexibility index (Phi) is 5.73. The third-order valence-corrected chi connectivity index (χ3v) is 3.18. The molecule has 7 nitrogen and oxygen atoms in total. The maximum atomic E-state index is 11.2. The van der Waals surface area contributed by atoms with Gasteiger partial charge in [-0.15, -0.1) is 11.3 Å². The molecule has 8 heteroatoms. The van der Waals surface area contributed by atoms with Gasteiger partial charge in [-0.25, -0.2) is 9.78 Å². The molecule has 1 aromatic carbocycles. The van der Waals surface area contributed by atoms with Crippen LogP contribution in [0.1, 0.15) is 12.5 Å². The highest BCUT2D eigenvalue weighted by atomic mass is 32.1. The number of nitrogens with one attached hydrogen (secondary N) is 1.